The number of rotatable bonds is 6. The van der Waals surface area contributed by atoms with Crippen molar-refractivity contribution in [3.8, 4) is 5.75 Å². The van der Waals surface area contributed by atoms with Crippen LogP contribution in [0.4, 0.5) is 10.1 Å². The van der Waals surface area contributed by atoms with Crippen molar-refractivity contribution >= 4 is 17.4 Å². The van der Waals surface area contributed by atoms with Crippen LogP contribution in [0.15, 0.2) is 47.4 Å². The third kappa shape index (κ3) is 4.46. The van der Waals surface area contributed by atoms with Gasteiger partial charge >= 0.3 is 0 Å². The smallest absolute Gasteiger partial charge is 0.124 e. The second kappa shape index (κ2) is 7.20. The fraction of sp³-hybridized carbons (Fsp3) is 0.250. The fourth-order valence-corrected chi connectivity index (χ4v) is 2.68. The molecule has 0 heterocycles. The van der Waals surface area contributed by atoms with Crippen LogP contribution in [0, 0.1) is 12.7 Å². The van der Waals surface area contributed by atoms with Crippen molar-refractivity contribution in [2.45, 2.75) is 18.2 Å². The molecule has 0 spiro atoms. The van der Waals surface area contributed by atoms with E-state index in [-0.39, 0.29) is 5.82 Å². The van der Waals surface area contributed by atoms with Gasteiger partial charge in [0.25, 0.3) is 0 Å². The number of nitrogen functional groups attached to an aromatic ring is 1. The second-order valence-electron chi connectivity index (χ2n) is 4.55. The number of ether oxygens (including phenoxy) is 1. The topological polar surface area (TPSA) is 35.2 Å². The van der Waals surface area contributed by atoms with Gasteiger partial charge in [-0.2, -0.15) is 0 Å². The van der Waals surface area contributed by atoms with Gasteiger partial charge in [-0.05, 0) is 49.2 Å². The van der Waals surface area contributed by atoms with Crippen molar-refractivity contribution in [2.75, 3.05) is 18.1 Å². The van der Waals surface area contributed by atoms with Gasteiger partial charge in [0, 0.05) is 16.3 Å². The summed E-state index contributed by atoms with van der Waals surface area (Å²) in [5.74, 6) is 1.48. The fourth-order valence-electron chi connectivity index (χ4n) is 1.77. The van der Waals surface area contributed by atoms with Gasteiger partial charge in [0.05, 0.1) is 6.61 Å². The molecule has 0 bridgehead atoms. The Morgan fingerprint density at radius 2 is 2.05 bits per heavy atom. The minimum absolute atomic E-state index is 0.252. The predicted octanol–water partition coefficient (Wildman–Crippen LogP) is 4.28. The molecule has 0 atom stereocenters. The van der Waals surface area contributed by atoms with E-state index in [2.05, 4.69) is 0 Å². The van der Waals surface area contributed by atoms with Crippen LogP contribution < -0.4 is 10.5 Å². The van der Waals surface area contributed by atoms with Crippen LogP contribution in [0.1, 0.15) is 12.0 Å². The third-order valence-electron chi connectivity index (χ3n) is 2.78. The zero-order chi connectivity index (χ0) is 14.4. The molecule has 20 heavy (non-hydrogen) atoms. The summed E-state index contributed by atoms with van der Waals surface area (Å²) in [6.45, 7) is 2.68. The molecule has 2 rings (SSSR count). The van der Waals surface area contributed by atoms with E-state index >= 15 is 0 Å². The van der Waals surface area contributed by atoms with Gasteiger partial charge < -0.3 is 10.5 Å². The largest absolute Gasteiger partial charge is 0.494 e. The molecule has 2 N–H and O–H groups in total. The van der Waals surface area contributed by atoms with Crippen LogP contribution in [0.3, 0.4) is 0 Å². The van der Waals surface area contributed by atoms with Crippen LogP contribution in [0.5, 0.6) is 5.75 Å². The number of hydrogen-bond donors (Lipinski definition) is 1. The summed E-state index contributed by atoms with van der Waals surface area (Å²) in [6.07, 6.45) is 0.883. The highest BCUT2D eigenvalue weighted by Crippen LogP contribution is 2.26. The number of anilines is 1. The standard InChI is InChI=1S/C16H18FNOS/c1-12-4-2-5-14(10-12)19-8-3-9-20-16-11-13(17)6-7-15(16)18/h2,4-7,10-11H,3,8-9,18H2,1H3. The summed E-state index contributed by atoms with van der Waals surface area (Å²) in [5, 5.41) is 0. The lowest BCUT2D eigenvalue weighted by Gasteiger charge is -2.08. The Balaban J connectivity index is 1.73. The van der Waals surface area contributed by atoms with Crippen LogP contribution in [0.25, 0.3) is 0 Å². The summed E-state index contributed by atoms with van der Waals surface area (Å²) >= 11 is 1.55. The Hall–Kier alpha value is -1.68. The lowest BCUT2D eigenvalue weighted by Crippen LogP contribution is -1.99. The molecule has 0 radical (unpaired) electrons. The summed E-state index contributed by atoms with van der Waals surface area (Å²) in [6, 6.07) is 12.4. The van der Waals surface area contributed by atoms with Gasteiger partial charge in [0.15, 0.2) is 0 Å². The van der Waals surface area contributed by atoms with Crippen LogP contribution in [-0.2, 0) is 0 Å². The van der Waals surface area contributed by atoms with Crippen molar-refractivity contribution in [1.29, 1.82) is 0 Å². The first-order valence-corrected chi connectivity index (χ1v) is 7.51. The van der Waals surface area contributed by atoms with Gasteiger partial charge in [-0.15, -0.1) is 11.8 Å². The number of thioether (sulfide) groups is 1. The summed E-state index contributed by atoms with van der Waals surface area (Å²) < 4.78 is 18.7. The van der Waals surface area contributed by atoms with Gasteiger partial charge in [0.2, 0.25) is 0 Å². The molecule has 0 aliphatic carbocycles. The lowest BCUT2D eigenvalue weighted by atomic mass is 10.2. The Morgan fingerprint density at radius 1 is 1.20 bits per heavy atom. The quantitative estimate of drug-likeness (QED) is 0.490. The molecule has 0 aliphatic rings. The number of hydrogen-bond acceptors (Lipinski definition) is 3. The Bertz CT molecular complexity index is 574. The van der Waals surface area contributed by atoms with E-state index in [4.69, 9.17) is 10.5 Å². The third-order valence-corrected chi connectivity index (χ3v) is 3.94. The monoisotopic (exact) mass is 291 g/mol. The zero-order valence-corrected chi connectivity index (χ0v) is 12.3. The van der Waals surface area contributed by atoms with Gasteiger partial charge in [0.1, 0.15) is 11.6 Å². The molecular weight excluding hydrogens is 273 g/mol. The SMILES string of the molecule is Cc1cccc(OCCCSc2cc(F)ccc2N)c1. The summed E-state index contributed by atoms with van der Waals surface area (Å²) in [5.41, 5.74) is 7.60. The number of nitrogens with two attached hydrogens (primary N) is 1. The Morgan fingerprint density at radius 3 is 2.85 bits per heavy atom. The summed E-state index contributed by atoms with van der Waals surface area (Å²) in [4.78, 5) is 0.792. The zero-order valence-electron chi connectivity index (χ0n) is 11.4. The van der Waals surface area contributed by atoms with E-state index in [9.17, 15) is 4.39 Å². The number of aryl methyl sites for hydroxylation is 1. The molecule has 106 valence electrons. The maximum atomic E-state index is 13.1. The first-order valence-electron chi connectivity index (χ1n) is 6.52. The molecule has 0 aromatic heterocycles. The van der Waals surface area contributed by atoms with E-state index in [0.29, 0.717) is 12.3 Å². The second-order valence-corrected chi connectivity index (χ2v) is 5.69. The van der Waals surface area contributed by atoms with Crippen molar-refractivity contribution in [2.24, 2.45) is 0 Å². The summed E-state index contributed by atoms with van der Waals surface area (Å²) in [7, 11) is 0. The molecule has 2 nitrogen and oxygen atoms in total. The minimum Gasteiger partial charge on any atom is -0.494 e. The molecule has 0 aliphatic heterocycles. The van der Waals surface area contributed by atoms with Crippen molar-refractivity contribution in [3.63, 3.8) is 0 Å². The number of benzene rings is 2. The van der Waals surface area contributed by atoms with E-state index in [1.165, 1.54) is 17.7 Å². The molecular formula is C16H18FNOS. The Kier molecular flexibility index (Phi) is 5.30. The Labute approximate surface area is 123 Å². The maximum absolute atomic E-state index is 13.1. The molecule has 0 saturated carbocycles. The molecule has 0 amide bonds. The van der Waals surface area contributed by atoms with Gasteiger partial charge in [-0.1, -0.05) is 12.1 Å². The van der Waals surface area contributed by atoms with E-state index < -0.39 is 0 Å². The van der Waals surface area contributed by atoms with E-state index in [1.54, 1.807) is 17.8 Å². The first kappa shape index (κ1) is 14.7. The van der Waals surface area contributed by atoms with Crippen LogP contribution in [0.2, 0.25) is 0 Å². The minimum atomic E-state index is -0.252. The van der Waals surface area contributed by atoms with Gasteiger partial charge in [-0.3, -0.25) is 0 Å². The predicted molar refractivity (Wildman–Crippen MR) is 82.8 cm³/mol. The highest BCUT2D eigenvalue weighted by Gasteiger charge is 2.02. The van der Waals surface area contributed by atoms with E-state index in [1.807, 2.05) is 31.2 Å². The molecule has 0 unspecified atom stereocenters. The van der Waals surface area contributed by atoms with Crippen LogP contribution >= 0.6 is 11.8 Å². The highest BCUT2D eigenvalue weighted by molar-refractivity contribution is 7.99. The van der Waals surface area contributed by atoms with Gasteiger partial charge in [-0.25, -0.2) is 4.39 Å². The molecule has 4 heteroatoms. The average molecular weight is 291 g/mol. The lowest BCUT2D eigenvalue weighted by molar-refractivity contribution is 0.318. The molecule has 2 aromatic carbocycles. The van der Waals surface area contributed by atoms with Crippen molar-refractivity contribution < 1.29 is 9.13 Å². The molecule has 0 saturated heterocycles. The number of halogens is 1. The molecule has 2 aromatic rings. The van der Waals surface area contributed by atoms with E-state index in [0.717, 1.165) is 22.8 Å². The van der Waals surface area contributed by atoms with Crippen molar-refractivity contribution in [1.82, 2.24) is 0 Å². The average Bonchev–Trinajstić information content (AvgIpc) is 2.42. The first-order chi connectivity index (χ1) is 9.65. The maximum Gasteiger partial charge on any atom is 0.124 e. The normalized spacial score (nSPS) is 10.5. The van der Waals surface area contributed by atoms with Crippen LogP contribution in [-0.4, -0.2) is 12.4 Å². The highest BCUT2D eigenvalue weighted by atomic mass is 32.2. The molecule has 0 fully saturated rings. The van der Waals surface area contributed by atoms with Crippen molar-refractivity contribution in [3.05, 3.63) is 53.8 Å².